The summed E-state index contributed by atoms with van der Waals surface area (Å²) < 4.78 is 11.5. The van der Waals surface area contributed by atoms with Gasteiger partial charge in [0.25, 0.3) is 0 Å². The highest BCUT2D eigenvalue weighted by molar-refractivity contribution is 7.80. The molecule has 0 N–H and O–H groups in total. The molecule has 6 nitrogen and oxygen atoms in total. The molecule has 6 rings (SSSR count). The van der Waals surface area contributed by atoms with Crippen molar-refractivity contribution in [3.8, 4) is 0 Å². The number of carbonyl (C=O) groups is 2. The van der Waals surface area contributed by atoms with E-state index in [0.29, 0.717) is 18.5 Å². The van der Waals surface area contributed by atoms with Gasteiger partial charge in [0.2, 0.25) is 0 Å². The van der Waals surface area contributed by atoms with Crippen LogP contribution in [0.2, 0.25) is 0 Å². The second kappa shape index (κ2) is 13.3. The summed E-state index contributed by atoms with van der Waals surface area (Å²) in [6, 6.07) is 21.3. The highest BCUT2D eigenvalue weighted by Gasteiger charge is 2.58. The van der Waals surface area contributed by atoms with Crippen molar-refractivity contribution in [3.63, 3.8) is 0 Å². The highest BCUT2D eigenvalue weighted by Crippen LogP contribution is 2.50. The van der Waals surface area contributed by atoms with Crippen molar-refractivity contribution in [2.45, 2.75) is 91.5 Å². The maximum absolute atomic E-state index is 13.0. The lowest BCUT2D eigenvalue weighted by atomic mass is 9.81. The van der Waals surface area contributed by atoms with Crippen LogP contribution in [0, 0.1) is 22.7 Å². The number of hydrogen-bond donors (Lipinski definition) is 0. The summed E-state index contributed by atoms with van der Waals surface area (Å²) in [5.74, 6) is 0.155. The van der Waals surface area contributed by atoms with E-state index < -0.39 is 22.0 Å². The number of benzene rings is 2. The van der Waals surface area contributed by atoms with Crippen LogP contribution in [0.4, 0.5) is 0 Å². The van der Waals surface area contributed by atoms with Crippen LogP contribution in [0.25, 0.3) is 0 Å². The second-order valence-corrected chi connectivity index (χ2v) is 16.1. The average Bonchev–Trinajstić information content (AvgIpc) is 3.77. The van der Waals surface area contributed by atoms with Crippen LogP contribution in [-0.4, -0.2) is 57.6 Å². The minimum atomic E-state index is -0.632. The van der Waals surface area contributed by atoms with Crippen molar-refractivity contribution in [1.29, 1.82) is 0 Å². The van der Waals surface area contributed by atoms with E-state index in [2.05, 4.69) is 78.3 Å². The number of ether oxygens (including phenoxy) is 2. The second-order valence-electron chi connectivity index (χ2n) is 15.7. The predicted molar refractivity (Wildman–Crippen MR) is 192 cm³/mol. The Hall–Kier alpha value is -3.29. The minimum Gasteiger partial charge on any atom is -0.459 e. The summed E-state index contributed by atoms with van der Waals surface area (Å²) in [5, 5.41) is 0. The normalized spacial score (nSPS) is 27.9. The standard InChI is InChI=1S/C20H25NO2S.C20H27NO2/c1-14(15-9-6-5-7-10-15)21-13-20(18(22)23-19(2,3)4)12-8-11-16(20)17(21)24;1-15(16-9-6-5-7-10-16)21-13-17-11-8-12-20(17,14-21)18(22)23-19(2,3)4/h5-10,12,14,16H,11,13H2,1-4H3;5-10,12,15,17H,11,13-14H2,1-4H3/t14-,16-,20-;15-,17-,20-/m11/s1. The van der Waals surface area contributed by atoms with Crippen molar-refractivity contribution < 1.29 is 19.1 Å². The molecule has 252 valence electrons. The molecule has 2 aliphatic carbocycles. The van der Waals surface area contributed by atoms with Crippen molar-refractivity contribution in [2.75, 3.05) is 19.6 Å². The topological polar surface area (TPSA) is 59.1 Å². The van der Waals surface area contributed by atoms with E-state index in [1.807, 2.05) is 71.9 Å². The Balaban J connectivity index is 0.000000185. The number of thiocarbonyl (C=S) groups is 1. The fourth-order valence-corrected chi connectivity index (χ4v) is 8.00. The van der Waals surface area contributed by atoms with Crippen molar-refractivity contribution in [3.05, 3.63) is 96.1 Å². The van der Waals surface area contributed by atoms with Gasteiger partial charge in [-0.3, -0.25) is 14.5 Å². The van der Waals surface area contributed by atoms with Crippen LogP contribution >= 0.6 is 12.2 Å². The third-order valence-electron chi connectivity index (χ3n) is 10.0. The van der Waals surface area contributed by atoms with Crippen LogP contribution in [0.3, 0.4) is 0 Å². The van der Waals surface area contributed by atoms with Crippen LogP contribution in [0.1, 0.15) is 91.4 Å². The number of rotatable bonds is 6. The van der Waals surface area contributed by atoms with Gasteiger partial charge < -0.3 is 14.4 Å². The van der Waals surface area contributed by atoms with E-state index in [-0.39, 0.29) is 23.9 Å². The molecular formula is C40H52N2O4S. The smallest absolute Gasteiger partial charge is 0.319 e. The first-order valence-corrected chi connectivity index (χ1v) is 17.4. The lowest BCUT2D eigenvalue weighted by Crippen LogP contribution is -2.40. The number of fused-ring (bicyclic) bond motifs is 2. The summed E-state index contributed by atoms with van der Waals surface area (Å²) in [5.41, 5.74) is 0.487. The molecule has 2 heterocycles. The molecule has 0 unspecified atom stereocenters. The Morgan fingerprint density at radius 2 is 1.23 bits per heavy atom. The molecule has 2 aromatic rings. The average molecular weight is 657 g/mol. The predicted octanol–water partition coefficient (Wildman–Crippen LogP) is 8.26. The molecule has 47 heavy (non-hydrogen) atoms. The van der Waals surface area contributed by atoms with Gasteiger partial charge in [-0.05, 0) is 85.3 Å². The molecule has 0 aromatic heterocycles. The Bertz CT molecular complexity index is 1510. The van der Waals surface area contributed by atoms with Gasteiger partial charge in [-0.1, -0.05) is 97.2 Å². The molecule has 0 amide bonds. The van der Waals surface area contributed by atoms with E-state index in [4.69, 9.17) is 21.7 Å². The number of esters is 2. The molecule has 6 atom stereocenters. The summed E-state index contributed by atoms with van der Waals surface area (Å²) in [7, 11) is 0. The van der Waals surface area contributed by atoms with Gasteiger partial charge in [0.1, 0.15) is 22.0 Å². The Labute approximate surface area is 287 Å². The van der Waals surface area contributed by atoms with Crippen molar-refractivity contribution in [1.82, 2.24) is 9.80 Å². The molecule has 0 bridgehead atoms. The largest absolute Gasteiger partial charge is 0.459 e. The van der Waals surface area contributed by atoms with Crippen molar-refractivity contribution >= 4 is 29.1 Å². The Morgan fingerprint density at radius 3 is 1.79 bits per heavy atom. The molecule has 0 saturated carbocycles. The molecule has 7 heteroatoms. The van der Waals surface area contributed by atoms with E-state index in [1.54, 1.807) is 0 Å². The minimum absolute atomic E-state index is 0.0357. The quantitative estimate of drug-likeness (QED) is 0.176. The molecule has 4 aliphatic rings. The van der Waals surface area contributed by atoms with Gasteiger partial charge in [-0.15, -0.1) is 0 Å². The number of carbonyl (C=O) groups excluding carboxylic acids is 2. The van der Waals surface area contributed by atoms with Crippen LogP contribution in [0.5, 0.6) is 0 Å². The monoisotopic (exact) mass is 656 g/mol. The Morgan fingerprint density at radius 1 is 0.745 bits per heavy atom. The van der Waals surface area contributed by atoms with Gasteiger partial charge in [-0.2, -0.15) is 0 Å². The van der Waals surface area contributed by atoms with Crippen LogP contribution in [0.15, 0.2) is 85.0 Å². The maximum Gasteiger partial charge on any atom is 0.319 e. The highest BCUT2D eigenvalue weighted by atomic mass is 32.1. The lowest BCUT2D eigenvalue weighted by molar-refractivity contribution is -0.166. The molecule has 0 radical (unpaired) electrons. The fraction of sp³-hybridized carbons (Fsp3) is 0.525. The first-order chi connectivity index (χ1) is 22.1. The van der Waals surface area contributed by atoms with Gasteiger partial charge in [0, 0.05) is 31.6 Å². The van der Waals surface area contributed by atoms with Gasteiger partial charge in [-0.25, -0.2) is 0 Å². The SMILES string of the molecule is C[C@H](c1ccccc1)N1C[C@H]2CC=C[C@@]2(C(=O)OC(C)(C)C)C1.C[C@H](c1ccccc1)N1C[C@]2(C(=O)OC(C)(C)C)C=CC[C@@H]2C1=S. The first kappa shape index (κ1) is 35.0. The molecular weight excluding hydrogens is 605 g/mol. The van der Waals surface area contributed by atoms with E-state index in [9.17, 15) is 9.59 Å². The lowest BCUT2D eigenvalue weighted by Gasteiger charge is -2.31. The first-order valence-electron chi connectivity index (χ1n) is 17.0. The van der Waals surface area contributed by atoms with Gasteiger partial charge in [0.15, 0.2) is 0 Å². The number of hydrogen-bond acceptors (Lipinski definition) is 6. The Kier molecular flexibility index (Phi) is 9.92. The van der Waals surface area contributed by atoms with Crippen LogP contribution in [-0.2, 0) is 19.1 Å². The fourth-order valence-electron chi connectivity index (χ4n) is 7.47. The summed E-state index contributed by atoms with van der Waals surface area (Å²) in [4.78, 5) is 31.3. The third-order valence-corrected chi connectivity index (χ3v) is 10.6. The molecule has 2 saturated heterocycles. The molecule has 2 fully saturated rings. The van der Waals surface area contributed by atoms with E-state index in [1.165, 1.54) is 11.1 Å². The van der Waals surface area contributed by atoms with Gasteiger partial charge >= 0.3 is 11.9 Å². The van der Waals surface area contributed by atoms with Crippen molar-refractivity contribution in [2.24, 2.45) is 22.7 Å². The third kappa shape index (κ3) is 7.26. The van der Waals surface area contributed by atoms with Crippen LogP contribution < -0.4 is 0 Å². The zero-order chi connectivity index (χ0) is 34.2. The molecule has 0 spiro atoms. The summed E-state index contributed by atoms with van der Waals surface area (Å²) >= 11 is 5.76. The van der Waals surface area contributed by atoms with Gasteiger partial charge in [0.05, 0.1) is 11.0 Å². The molecule has 2 aliphatic heterocycles. The molecule has 2 aromatic carbocycles. The zero-order valence-electron chi connectivity index (χ0n) is 29.4. The van der Waals surface area contributed by atoms with E-state index in [0.717, 1.165) is 30.9 Å². The number of nitrogens with zero attached hydrogens (tertiary/aromatic N) is 2. The summed E-state index contributed by atoms with van der Waals surface area (Å²) in [6.45, 7) is 18.2. The van der Waals surface area contributed by atoms with E-state index >= 15 is 0 Å². The maximum atomic E-state index is 13.0. The number of allylic oxidation sites excluding steroid dienone is 2. The summed E-state index contributed by atoms with van der Waals surface area (Å²) in [6.07, 6.45) is 10.1. The number of likely N-dealkylation sites (tertiary alicyclic amines) is 2. The zero-order valence-corrected chi connectivity index (χ0v) is 30.2.